The predicted octanol–water partition coefficient (Wildman–Crippen LogP) is 1.05. The van der Waals surface area contributed by atoms with Crippen molar-refractivity contribution in [1.29, 1.82) is 0 Å². The minimum atomic E-state index is 0.00695. The number of anilines is 1. The van der Waals surface area contributed by atoms with Gasteiger partial charge in [0.2, 0.25) is 0 Å². The van der Waals surface area contributed by atoms with Crippen LogP contribution in [0.15, 0.2) is 0 Å². The van der Waals surface area contributed by atoms with E-state index in [1.54, 1.807) is 11.9 Å². The average Bonchev–Trinajstić information content (AvgIpc) is 3.01. The highest BCUT2D eigenvalue weighted by atomic mass is 32.1. The molecule has 20 heavy (non-hydrogen) atoms. The Morgan fingerprint density at radius 2 is 2.10 bits per heavy atom. The number of carbonyl (C=O) groups excluding carboxylic acids is 1. The summed E-state index contributed by atoms with van der Waals surface area (Å²) in [6, 6.07) is 0. The smallest absolute Gasteiger partial charge is 0.259 e. The number of aryl methyl sites for hydroxylation is 2. The first kappa shape index (κ1) is 13.0. The molecule has 0 radical (unpaired) electrons. The zero-order valence-corrected chi connectivity index (χ0v) is 12.5. The molecule has 0 aromatic carbocycles. The maximum Gasteiger partial charge on any atom is 0.259 e. The van der Waals surface area contributed by atoms with Crippen LogP contribution in [0.3, 0.4) is 0 Å². The van der Waals surface area contributed by atoms with Crippen molar-refractivity contribution >= 4 is 22.4 Å². The van der Waals surface area contributed by atoms with Gasteiger partial charge in [-0.2, -0.15) is 4.37 Å². The molecule has 2 aromatic rings. The summed E-state index contributed by atoms with van der Waals surface area (Å²) in [6.45, 7) is 5.70. The lowest BCUT2D eigenvalue weighted by Gasteiger charge is -2.27. The van der Waals surface area contributed by atoms with E-state index >= 15 is 0 Å². The molecule has 1 N–H and O–H groups in total. The van der Waals surface area contributed by atoms with Crippen LogP contribution in [0.4, 0.5) is 5.00 Å². The lowest BCUT2D eigenvalue weighted by atomic mass is 10.2. The molecule has 1 aliphatic heterocycles. The lowest BCUT2D eigenvalue weighted by molar-refractivity contribution is 0.0707. The van der Waals surface area contributed by atoms with Crippen LogP contribution >= 0.6 is 11.5 Å². The largest absolute Gasteiger partial charge is 0.378 e. The van der Waals surface area contributed by atoms with Gasteiger partial charge in [0.1, 0.15) is 10.8 Å². The summed E-state index contributed by atoms with van der Waals surface area (Å²) in [6.07, 6.45) is 0. The summed E-state index contributed by atoms with van der Waals surface area (Å²) in [5.41, 5.74) is 1.44. The van der Waals surface area contributed by atoms with Crippen molar-refractivity contribution in [2.45, 2.75) is 26.9 Å². The van der Waals surface area contributed by atoms with Crippen LogP contribution < -0.4 is 5.32 Å². The van der Waals surface area contributed by atoms with Gasteiger partial charge in [0.15, 0.2) is 5.82 Å². The molecule has 1 aliphatic rings. The highest BCUT2D eigenvalue weighted by Gasteiger charge is 2.28. The fourth-order valence-electron chi connectivity index (χ4n) is 2.43. The third kappa shape index (κ3) is 1.96. The molecule has 8 heteroatoms. The first-order chi connectivity index (χ1) is 9.61. The van der Waals surface area contributed by atoms with Crippen molar-refractivity contribution in [2.75, 3.05) is 18.9 Å². The number of aromatic nitrogens is 4. The molecule has 0 saturated heterocycles. The SMILES string of the molecule is CNc1snc(C)c1C(=O)N1CCn2c(C)nnc2C1. The van der Waals surface area contributed by atoms with Gasteiger partial charge >= 0.3 is 0 Å². The second-order valence-electron chi connectivity index (χ2n) is 4.76. The molecule has 106 valence electrons. The first-order valence-corrected chi connectivity index (χ1v) is 7.21. The van der Waals surface area contributed by atoms with E-state index in [1.165, 1.54) is 11.5 Å². The van der Waals surface area contributed by atoms with Gasteiger partial charge in [0.25, 0.3) is 5.91 Å². The van der Waals surface area contributed by atoms with E-state index in [0.717, 1.165) is 28.9 Å². The topological polar surface area (TPSA) is 75.9 Å². The second-order valence-corrected chi connectivity index (χ2v) is 5.54. The summed E-state index contributed by atoms with van der Waals surface area (Å²) >= 11 is 1.32. The van der Waals surface area contributed by atoms with Crippen LogP contribution in [0.25, 0.3) is 0 Å². The predicted molar refractivity (Wildman–Crippen MR) is 75.9 cm³/mol. The molecule has 0 atom stereocenters. The maximum absolute atomic E-state index is 12.7. The zero-order valence-electron chi connectivity index (χ0n) is 11.7. The van der Waals surface area contributed by atoms with Gasteiger partial charge in [-0.3, -0.25) is 4.79 Å². The summed E-state index contributed by atoms with van der Waals surface area (Å²) in [5, 5.41) is 12.0. The molecule has 7 nitrogen and oxygen atoms in total. The third-order valence-electron chi connectivity index (χ3n) is 3.53. The zero-order chi connectivity index (χ0) is 14.3. The Hall–Kier alpha value is -1.96. The van der Waals surface area contributed by atoms with Gasteiger partial charge in [0.05, 0.1) is 17.8 Å². The summed E-state index contributed by atoms with van der Waals surface area (Å²) < 4.78 is 6.31. The maximum atomic E-state index is 12.7. The van der Waals surface area contributed by atoms with E-state index in [4.69, 9.17) is 0 Å². The van der Waals surface area contributed by atoms with E-state index in [1.807, 2.05) is 13.8 Å². The molecule has 0 saturated carbocycles. The quantitative estimate of drug-likeness (QED) is 0.895. The van der Waals surface area contributed by atoms with Crippen LogP contribution in [0, 0.1) is 13.8 Å². The molecule has 0 fully saturated rings. The number of hydrogen-bond acceptors (Lipinski definition) is 6. The van der Waals surface area contributed by atoms with Crippen molar-refractivity contribution in [1.82, 2.24) is 24.0 Å². The van der Waals surface area contributed by atoms with Crippen molar-refractivity contribution in [3.63, 3.8) is 0 Å². The minimum Gasteiger partial charge on any atom is -0.378 e. The number of nitrogens with zero attached hydrogens (tertiary/aromatic N) is 5. The van der Waals surface area contributed by atoms with Gasteiger partial charge in [0, 0.05) is 20.1 Å². The normalized spacial score (nSPS) is 14.2. The van der Waals surface area contributed by atoms with E-state index in [2.05, 4.69) is 24.5 Å². The second kappa shape index (κ2) is 4.86. The molecule has 1 amide bonds. The van der Waals surface area contributed by atoms with Crippen LogP contribution in [-0.2, 0) is 13.1 Å². The highest BCUT2D eigenvalue weighted by molar-refractivity contribution is 7.10. The average molecular weight is 292 g/mol. The van der Waals surface area contributed by atoms with Gasteiger partial charge in [-0.1, -0.05) is 0 Å². The summed E-state index contributed by atoms with van der Waals surface area (Å²) in [5.74, 6) is 1.75. The fourth-order valence-corrected chi connectivity index (χ4v) is 3.16. The van der Waals surface area contributed by atoms with Gasteiger partial charge in [-0.25, -0.2) is 0 Å². The van der Waals surface area contributed by atoms with Crippen molar-refractivity contribution < 1.29 is 4.79 Å². The van der Waals surface area contributed by atoms with E-state index in [0.29, 0.717) is 18.7 Å². The van der Waals surface area contributed by atoms with Crippen molar-refractivity contribution in [3.8, 4) is 0 Å². The van der Waals surface area contributed by atoms with Crippen molar-refractivity contribution in [2.24, 2.45) is 0 Å². The number of fused-ring (bicyclic) bond motifs is 1. The number of carbonyl (C=O) groups is 1. The third-order valence-corrected chi connectivity index (χ3v) is 4.48. The number of rotatable bonds is 2. The van der Waals surface area contributed by atoms with E-state index in [9.17, 15) is 4.79 Å². The van der Waals surface area contributed by atoms with Crippen LogP contribution in [-0.4, -0.2) is 43.5 Å². The van der Waals surface area contributed by atoms with Gasteiger partial charge < -0.3 is 14.8 Å². The molecule has 0 unspecified atom stereocenters. The number of nitrogens with one attached hydrogen (secondary N) is 1. The van der Waals surface area contributed by atoms with Gasteiger partial charge in [-0.05, 0) is 25.4 Å². The fraction of sp³-hybridized carbons (Fsp3) is 0.500. The molecule has 3 rings (SSSR count). The van der Waals surface area contributed by atoms with Crippen LogP contribution in [0.1, 0.15) is 27.7 Å². The Bertz CT molecular complexity index is 661. The Balaban J connectivity index is 1.87. The lowest BCUT2D eigenvalue weighted by Crippen LogP contribution is -2.39. The monoisotopic (exact) mass is 292 g/mol. The Morgan fingerprint density at radius 3 is 2.85 bits per heavy atom. The van der Waals surface area contributed by atoms with Gasteiger partial charge in [-0.15, -0.1) is 10.2 Å². The summed E-state index contributed by atoms with van der Waals surface area (Å²) in [7, 11) is 1.81. The van der Waals surface area contributed by atoms with Crippen molar-refractivity contribution in [3.05, 3.63) is 22.9 Å². The molecule has 3 heterocycles. The summed E-state index contributed by atoms with van der Waals surface area (Å²) in [4.78, 5) is 14.5. The Morgan fingerprint density at radius 1 is 1.30 bits per heavy atom. The molecular formula is C12H16N6OS. The molecular weight excluding hydrogens is 276 g/mol. The van der Waals surface area contributed by atoms with E-state index < -0.39 is 0 Å². The van der Waals surface area contributed by atoms with E-state index in [-0.39, 0.29) is 5.91 Å². The number of amides is 1. The first-order valence-electron chi connectivity index (χ1n) is 6.43. The molecule has 0 bridgehead atoms. The molecule has 0 aliphatic carbocycles. The standard InChI is InChI=1S/C12H16N6OS/c1-7-10(11(13-3)20-16-7)12(19)17-4-5-18-8(2)14-15-9(18)6-17/h13H,4-6H2,1-3H3. The molecule has 0 spiro atoms. The van der Waals surface area contributed by atoms with Crippen LogP contribution in [0.5, 0.6) is 0 Å². The number of hydrogen-bond donors (Lipinski definition) is 1. The minimum absolute atomic E-state index is 0.00695. The Kier molecular flexibility index (Phi) is 3.17. The Labute approximate surface area is 120 Å². The highest BCUT2D eigenvalue weighted by Crippen LogP contribution is 2.26. The van der Waals surface area contributed by atoms with Crippen LogP contribution in [0.2, 0.25) is 0 Å². The molecule has 2 aromatic heterocycles.